The van der Waals surface area contributed by atoms with Crippen LogP contribution in [0.15, 0.2) is 40.2 Å². The van der Waals surface area contributed by atoms with Crippen molar-refractivity contribution in [2.75, 3.05) is 0 Å². The Bertz CT molecular complexity index is 1230. The van der Waals surface area contributed by atoms with E-state index in [2.05, 4.69) is 41.9 Å². The molecule has 31 heavy (non-hydrogen) atoms. The highest BCUT2D eigenvalue weighted by molar-refractivity contribution is 5.65. The SMILES string of the molecule is CC/C=C(\c1nc(Cc2c(C)cc(-n3ncc(=O)[nH]c3=O)cc2C)cnc1C)C(C)C. The molecule has 0 aliphatic heterocycles. The van der Waals surface area contributed by atoms with Crippen LogP contribution in [0.3, 0.4) is 0 Å². The first-order valence-electron chi connectivity index (χ1n) is 10.5. The topological polar surface area (TPSA) is 93.5 Å². The minimum absolute atomic E-state index is 0.370. The van der Waals surface area contributed by atoms with Crippen LogP contribution in [0.5, 0.6) is 0 Å². The summed E-state index contributed by atoms with van der Waals surface area (Å²) in [6.45, 7) is 12.5. The number of hydrogen-bond donors (Lipinski definition) is 1. The fraction of sp³-hybridized carbons (Fsp3) is 0.375. The number of benzene rings is 1. The molecule has 1 aromatic carbocycles. The molecule has 162 valence electrons. The van der Waals surface area contributed by atoms with E-state index in [0.29, 0.717) is 18.0 Å². The molecule has 1 N–H and O–H groups in total. The average molecular weight is 420 g/mol. The van der Waals surface area contributed by atoms with Crippen LogP contribution in [0.1, 0.15) is 61.0 Å². The fourth-order valence-electron chi connectivity index (χ4n) is 3.76. The first kappa shape index (κ1) is 22.3. The third-order valence-electron chi connectivity index (χ3n) is 5.32. The Balaban J connectivity index is 2.00. The Labute approximate surface area is 181 Å². The molecule has 3 aromatic rings. The molecular weight excluding hydrogens is 390 g/mol. The van der Waals surface area contributed by atoms with Gasteiger partial charge in [0.1, 0.15) is 6.20 Å². The maximum absolute atomic E-state index is 12.1. The van der Waals surface area contributed by atoms with Crippen molar-refractivity contribution < 1.29 is 0 Å². The van der Waals surface area contributed by atoms with E-state index in [-0.39, 0.29) is 0 Å². The molecule has 0 bridgehead atoms. The van der Waals surface area contributed by atoms with Gasteiger partial charge in [-0.05, 0) is 67.5 Å². The Morgan fingerprint density at radius 3 is 2.39 bits per heavy atom. The molecule has 2 aromatic heterocycles. The summed E-state index contributed by atoms with van der Waals surface area (Å²) < 4.78 is 1.19. The molecular formula is C24H29N5O2. The summed E-state index contributed by atoms with van der Waals surface area (Å²) in [5.74, 6) is 0.370. The Hall–Kier alpha value is -3.35. The van der Waals surface area contributed by atoms with Crippen molar-refractivity contribution >= 4 is 5.57 Å². The van der Waals surface area contributed by atoms with Gasteiger partial charge >= 0.3 is 5.69 Å². The predicted molar refractivity (Wildman–Crippen MR) is 123 cm³/mol. The second-order valence-corrected chi connectivity index (χ2v) is 8.10. The molecule has 7 heteroatoms. The molecule has 0 unspecified atom stereocenters. The number of nitrogens with one attached hydrogen (secondary N) is 1. The first-order chi connectivity index (χ1) is 14.7. The molecule has 0 saturated heterocycles. The van der Waals surface area contributed by atoms with Gasteiger partial charge in [-0.15, -0.1) is 0 Å². The van der Waals surface area contributed by atoms with Crippen LogP contribution in [0.4, 0.5) is 0 Å². The Morgan fingerprint density at radius 1 is 1.13 bits per heavy atom. The van der Waals surface area contributed by atoms with Gasteiger partial charge in [-0.3, -0.25) is 14.8 Å². The van der Waals surface area contributed by atoms with Crippen molar-refractivity contribution in [3.63, 3.8) is 0 Å². The van der Waals surface area contributed by atoms with Crippen LogP contribution in [-0.2, 0) is 6.42 Å². The minimum atomic E-state index is -0.558. The van der Waals surface area contributed by atoms with Crippen LogP contribution in [0.2, 0.25) is 0 Å². The van der Waals surface area contributed by atoms with Crippen molar-refractivity contribution in [2.24, 2.45) is 5.92 Å². The zero-order valence-corrected chi connectivity index (χ0v) is 19.0. The molecule has 0 spiro atoms. The number of rotatable bonds is 6. The molecule has 0 saturated carbocycles. The molecule has 0 amide bonds. The molecule has 3 rings (SSSR count). The maximum atomic E-state index is 12.1. The summed E-state index contributed by atoms with van der Waals surface area (Å²) in [4.78, 5) is 35.2. The standard InChI is InChI=1S/C24H29N5O2/c1-7-8-20(14(2)3)23-17(6)25-12-18(27-23)11-21-15(4)9-19(10-16(21)5)29-24(31)28-22(30)13-26-29/h8-10,12-14H,7,11H2,1-6H3,(H,28,30,31)/b20-8-. The monoisotopic (exact) mass is 419 g/mol. The van der Waals surface area contributed by atoms with E-state index in [1.54, 1.807) is 0 Å². The largest absolute Gasteiger partial charge is 0.349 e. The minimum Gasteiger partial charge on any atom is -0.271 e. The van der Waals surface area contributed by atoms with E-state index in [4.69, 9.17) is 4.98 Å². The van der Waals surface area contributed by atoms with Crippen molar-refractivity contribution in [2.45, 2.75) is 54.4 Å². The van der Waals surface area contributed by atoms with E-state index in [0.717, 1.165) is 46.4 Å². The molecule has 0 atom stereocenters. The second kappa shape index (κ2) is 9.20. The molecule has 7 nitrogen and oxygen atoms in total. The number of aromatic nitrogens is 5. The van der Waals surface area contributed by atoms with E-state index in [9.17, 15) is 9.59 Å². The zero-order valence-electron chi connectivity index (χ0n) is 19.0. The Morgan fingerprint density at radius 2 is 1.81 bits per heavy atom. The van der Waals surface area contributed by atoms with Crippen LogP contribution < -0.4 is 11.2 Å². The zero-order chi connectivity index (χ0) is 22.7. The van der Waals surface area contributed by atoms with E-state index < -0.39 is 11.2 Å². The van der Waals surface area contributed by atoms with E-state index in [1.807, 2.05) is 39.1 Å². The van der Waals surface area contributed by atoms with Crippen LogP contribution >= 0.6 is 0 Å². The normalized spacial score (nSPS) is 11.9. The van der Waals surface area contributed by atoms with Crippen molar-refractivity contribution in [3.8, 4) is 5.69 Å². The summed E-state index contributed by atoms with van der Waals surface area (Å²) in [6, 6.07) is 3.79. The highest BCUT2D eigenvalue weighted by Gasteiger charge is 2.15. The van der Waals surface area contributed by atoms with Gasteiger partial charge in [-0.1, -0.05) is 26.8 Å². The number of aromatic amines is 1. The third-order valence-corrected chi connectivity index (χ3v) is 5.32. The third kappa shape index (κ3) is 4.87. The van der Waals surface area contributed by atoms with E-state index in [1.165, 1.54) is 10.3 Å². The van der Waals surface area contributed by atoms with Crippen LogP contribution in [0, 0.1) is 26.7 Å². The van der Waals surface area contributed by atoms with Gasteiger partial charge in [0.2, 0.25) is 0 Å². The maximum Gasteiger partial charge on any atom is 0.349 e. The lowest BCUT2D eigenvalue weighted by molar-refractivity contribution is 0.747. The lowest BCUT2D eigenvalue weighted by Crippen LogP contribution is -2.30. The second-order valence-electron chi connectivity index (χ2n) is 8.10. The lowest BCUT2D eigenvalue weighted by Gasteiger charge is -2.16. The molecule has 0 fully saturated rings. The van der Waals surface area contributed by atoms with Gasteiger partial charge in [-0.25, -0.2) is 9.78 Å². The lowest BCUT2D eigenvalue weighted by atomic mass is 9.95. The fourth-order valence-corrected chi connectivity index (χ4v) is 3.76. The molecule has 0 aliphatic rings. The summed E-state index contributed by atoms with van der Waals surface area (Å²) >= 11 is 0. The average Bonchev–Trinajstić information content (AvgIpc) is 2.70. The smallest absolute Gasteiger partial charge is 0.271 e. The summed E-state index contributed by atoms with van der Waals surface area (Å²) in [5.41, 5.74) is 6.74. The van der Waals surface area contributed by atoms with Crippen LogP contribution in [-0.4, -0.2) is 24.7 Å². The highest BCUT2D eigenvalue weighted by atomic mass is 16.2. The summed E-state index contributed by atoms with van der Waals surface area (Å²) in [6.07, 6.45) is 6.76. The summed E-state index contributed by atoms with van der Waals surface area (Å²) in [5, 5.41) is 3.95. The van der Waals surface area contributed by atoms with Gasteiger partial charge in [0.15, 0.2) is 0 Å². The number of nitrogens with zero attached hydrogens (tertiary/aromatic N) is 4. The van der Waals surface area contributed by atoms with E-state index >= 15 is 0 Å². The van der Waals surface area contributed by atoms with Crippen molar-refractivity contribution in [1.29, 1.82) is 0 Å². The molecule has 0 radical (unpaired) electrons. The number of H-pyrrole nitrogens is 1. The van der Waals surface area contributed by atoms with Gasteiger partial charge in [0, 0.05) is 12.6 Å². The van der Waals surface area contributed by atoms with Crippen LogP contribution in [0.25, 0.3) is 11.3 Å². The quantitative estimate of drug-likeness (QED) is 0.658. The van der Waals surface area contributed by atoms with Crippen molar-refractivity contribution in [3.05, 3.63) is 85.2 Å². The summed E-state index contributed by atoms with van der Waals surface area (Å²) in [7, 11) is 0. The van der Waals surface area contributed by atoms with Gasteiger partial charge in [-0.2, -0.15) is 9.78 Å². The highest BCUT2D eigenvalue weighted by Crippen LogP contribution is 2.26. The van der Waals surface area contributed by atoms with Gasteiger partial charge in [0.25, 0.3) is 5.56 Å². The number of allylic oxidation sites excluding steroid dienone is 2. The Kier molecular flexibility index (Phi) is 6.63. The van der Waals surface area contributed by atoms with Crippen molar-refractivity contribution in [1.82, 2.24) is 24.7 Å². The molecule has 0 aliphatic carbocycles. The predicted octanol–water partition coefficient (Wildman–Crippen LogP) is 3.68. The van der Waals surface area contributed by atoms with Gasteiger partial charge in [0.05, 0.1) is 22.8 Å². The van der Waals surface area contributed by atoms with Gasteiger partial charge < -0.3 is 0 Å². The molecule has 2 heterocycles. The number of hydrogen-bond acceptors (Lipinski definition) is 5. The first-order valence-corrected chi connectivity index (χ1v) is 10.5. The number of aryl methyl sites for hydroxylation is 3.